The first-order valence-corrected chi connectivity index (χ1v) is 6.95. The van der Waals surface area contributed by atoms with Gasteiger partial charge in [-0.2, -0.15) is 8.78 Å². The summed E-state index contributed by atoms with van der Waals surface area (Å²) >= 11 is 0. The second kappa shape index (κ2) is 8.32. The van der Waals surface area contributed by atoms with E-state index >= 15 is 0 Å². The summed E-state index contributed by atoms with van der Waals surface area (Å²) in [7, 11) is 2.42. The van der Waals surface area contributed by atoms with Gasteiger partial charge in [-0.05, 0) is 18.1 Å². The smallest absolute Gasteiger partial charge is 0.387 e. The predicted octanol–water partition coefficient (Wildman–Crippen LogP) is 2.14. The maximum atomic E-state index is 12.5. The molecule has 0 spiro atoms. The summed E-state index contributed by atoms with van der Waals surface area (Å²) in [4.78, 5) is 23.4. The van der Waals surface area contributed by atoms with Crippen LogP contribution in [0, 0.1) is 5.92 Å². The molecular formula is C15H19F2NO6. The Morgan fingerprint density at radius 2 is 1.62 bits per heavy atom. The van der Waals surface area contributed by atoms with E-state index in [9.17, 15) is 18.4 Å². The van der Waals surface area contributed by atoms with Gasteiger partial charge in [0.1, 0.15) is 6.04 Å². The van der Waals surface area contributed by atoms with Crippen molar-refractivity contribution in [3.8, 4) is 17.2 Å². The summed E-state index contributed by atoms with van der Waals surface area (Å²) in [6.07, 6.45) is 0. The van der Waals surface area contributed by atoms with E-state index in [2.05, 4.69) is 10.1 Å². The molecule has 9 heteroatoms. The lowest BCUT2D eigenvalue weighted by atomic mass is 10.0. The summed E-state index contributed by atoms with van der Waals surface area (Å²) in [6, 6.07) is 1.22. The van der Waals surface area contributed by atoms with Crippen LogP contribution in [0.15, 0.2) is 12.1 Å². The van der Waals surface area contributed by atoms with Crippen molar-refractivity contribution in [3.05, 3.63) is 17.7 Å². The number of hydrogen-bond donors (Lipinski definition) is 2. The molecule has 2 N–H and O–H groups in total. The lowest BCUT2D eigenvalue weighted by Crippen LogP contribution is -2.44. The van der Waals surface area contributed by atoms with Gasteiger partial charge in [-0.25, -0.2) is 4.79 Å². The number of benzene rings is 1. The molecule has 0 radical (unpaired) electrons. The Morgan fingerprint density at radius 3 is 1.96 bits per heavy atom. The van der Waals surface area contributed by atoms with Gasteiger partial charge in [0, 0.05) is 5.56 Å². The number of methoxy groups -OCH3 is 2. The molecule has 0 aliphatic heterocycles. The number of carboxylic acid groups (broad SMARTS) is 1. The Labute approximate surface area is 137 Å². The van der Waals surface area contributed by atoms with Crippen molar-refractivity contribution >= 4 is 11.9 Å². The largest absolute Gasteiger partial charge is 0.493 e. The van der Waals surface area contributed by atoms with Crippen LogP contribution in [-0.4, -0.2) is 43.9 Å². The molecule has 0 bridgehead atoms. The van der Waals surface area contributed by atoms with Gasteiger partial charge in [0.15, 0.2) is 11.5 Å². The van der Waals surface area contributed by atoms with Gasteiger partial charge >= 0.3 is 12.6 Å². The van der Waals surface area contributed by atoms with Crippen LogP contribution in [0.2, 0.25) is 0 Å². The third-order valence-corrected chi connectivity index (χ3v) is 3.15. The fraction of sp³-hybridized carbons (Fsp3) is 0.467. The van der Waals surface area contributed by atoms with Crippen LogP contribution >= 0.6 is 0 Å². The molecular weight excluding hydrogens is 328 g/mol. The molecule has 0 aliphatic carbocycles. The van der Waals surface area contributed by atoms with Crippen molar-refractivity contribution in [2.75, 3.05) is 14.2 Å². The quantitative estimate of drug-likeness (QED) is 0.748. The molecule has 1 rings (SSSR count). The van der Waals surface area contributed by atoms with Gasteiger partial charge in [0.25, 0.3) is 5.91 Å². The summed E-state index contributed by atoms with van der Waals surface area (Å²) in [5.74, 6) is -2.89. The fourth-order valence-electron chi connectivity index (χ4n) is 1.95. The van der Waals surface area contributed by atoms with E-state index in [4.69, 9.17) is 14.6 Å². The van der Waals surface area contributed by atoms with Crippen LogP contribution in [0.25, 0.3) is 0 Å². The molecule has 0 unspecified atom stereocenters. The number of rotatable bonds is 8. The number of carboxylic acids is 1. The minimum absolute atomic E-state index is 0.0165. The highest BCUT2D eigenvalue weighted by Gasteiger charge is 2.26. The van der Waals surface area contributed by atoms with Crippen LogP contribution in [0.4, 0.5) is 8.78 Å². The van der Waals surface area contributed by atoms with Crippen molar-refractivity contribution in [1.29, 1.82) is 0 Å². The molecule has 1 aromatic rings. The molecule has 0 aliphatic rings. The Kier molecular flexibility index (Phi) is 6.75. The van der Waals surface area contributed by atoms with Gasteiger partial charge in [-0.15, -0.1) is 0 Å². The lowest BCUT2D eigenvalue weighted by Gasteiger charge is -2.19. The SMILES string of the molecule is COc1cc(C(=O)N[C@@H](C(=O)O)C(C)C)cc(OC)c1OC(F)F. The Balaban J connectivity index is 3.20. The van der Waals surface area contributed by atoms with Crippen molar-refractivity contribution in [3.63, 3.8) is 0 Å². The zero-order chi connectivity index (χ0) is 18.4. The highest BCUT2D eigenvalue weighted by Crippen LogP contribution is 2.39. The van der Waals surface area contributed by atoms with Gasteiger partial charge in [0.05, 0.1) is 14.2 Å². The lowest BCUT2D eigenvalue weighted by molar-refractivity contribution is -0.140. The average Bonchev–Trinajstić information content (AvgIpc) is 2.51. The van der Waals surface area contributed by atoms with Gasteiger partial charge in [-0.3, -0.25) is 4.79 Å². The van der Waals surface area contributed by atoms with Gasteiger partial charge in [0.2, 0.25) is 5.75 Å². The van der Waals surface area contributed by atoms with Gasteiger partial charge < -0.3 is 24.6 Å². The van der Waals surface area contributed by atoms with Crippen LogP contribution in [0.5, 0.6) is 17.2 Å². The minimum atomic E-state index is -3.11. The number of halogens is 2. The van der Waals surface area contributed by atoms with E-state index in [-0.39, 0.29) is 28.7 Å². The molecule has 0 fully saturated rings. The van der Waals surface area contributed by atoms with Crippen molar-refractivity contribution < 1.29 is 37.7 Å². The number of nitrogens with one attached hydrogen (secondary N) is 1. The molecule has 1 atom stereocenters. The zero-order valence-electron chi connectivity index (χ0n) is 13.6. The number of amides is 1. The van der Waals surface area contributed by atoms with E-state index < -0.39 is 24.5 Å². The number of alkyl halides is 2. The topological polar surface area (TPSA) is 94.1 Å². The number of ether oxygens (including phenoxy) is 3. The predicted molar refractivity (Wildman–Crippen MR) is 79.9 cm³/mol. The second-order valence-electron chi connectivity index (χ2n) is 5.12. The van der Waals surface area contributed by atoms with E-state index in [0.29, 0.717) is 0 Å². The number of aliphatic carboxylic acids is 1. The number of hydrogen-bond acceptors (Lipinski definition) is 5. The molecule has 0 saturated carbocycles. The first-order chi connectivity index (χ1) is 11.2. The Morgan fingerprint density at radius 1 is 1.12 bits per heavy atom. The van der Waals surface area contributed by atoms with Crippen LogP contribution in [-0.2, 0) is 4.79 Å². The van der Waals surface area contributed by atoms with Gasteiger partial charge in [-0.1, -0.05) is 13.8 Å². The fourth-order valence-corrected chi connectivity index (χ4v) is 1.95. The second-order valence-corrected chi connectivity index (χ2v) is 5.12. The normalized spacial score (nSPS) is 12.0. The first-order valence-electron chi connectivity index (χ1n) is 6.95. The van der Waals surface area contributed by atoms with E-state index in [1.54, 1.807) is 13.8 Å². The summed E-state index contributed by atoms with van der Waals surface area (Å²) in [6.45, 7) is 0.171. The molecule has 7 nitrogen and oxygen atoms in total. The maximum absolute atomic E-state index is 12.5. The minimum Gasteiger partial charge on any atom is -0.493 e. The van der Waals surface area contributed by atoms with E-state index in [0.717, 1.165) is 12.1 Å². The monoisotopic (exact) mass is 347 g/mol. The van der Waals surface area contributed by atoms with E-state index in [1.165, 1.54) is 14.2 Å². The third kappa shape index (κ3) is 4.71. The number of carbonyl (C=O) groups is 2. The molecule has 0 saturated heterocycles. The highest BCUT2D eigenvalue weighted by molar-refractivity contribution is 5.97. The first kappa shape index (κ1) is 19.5. The van der Waals surface area contributed by atoms with Crippen LogP contribution in [0.3, 0.4) is 0 Å². The molecule has 24 heavy (non-hydrogen) atoms. The van der Waals surface area contributed by atoms with E-state index in [1.807, 2.05) is 0 Å². The summed E-state index contributed by atoms with van der Waals surface area (Å²) < 4.78 is 39.2. The highest BCUT2D eigenvalue weighted by atomic mass is 19.3. The third-order valence-electron chi connectivity index (χ3n) is 3.15. The van der Waals surface area contributed by atoms with Crippen LogP contribution < -0.4 is 19.5 Å². The van der Waals surface area contributed by atoms with Crippen LogP contribution in [0.1, 0.15) is 24.2 Å². The molecule has 1 aromatic carbocycles. The molecule has 0 heterocycles. The van der Waals surface area contributed by atoms with Crippen molar-refractivity contribution in [2.45, 2.75) is 26.5 Å². The zero-order valence-corrected chi connectivity index (χ0v) is 13.6. The summed E-state index contributed by atoms with van der Waals surface area (Å²) in [5.41, 5.74) is -0.0165. The summed E-state index contributed by atoms with van der Waals surface area (Å²) in [5, 5.41) is 11.5. The molecule has 134 valence electrons. The Bertz CT molecular complexity index is 581. The van der Waals surface area contributed by atoms with Crippen molar-refractivity contribution in [1.82, 2.24) is 5.32 Å². The maximum Gasteiger partial charge on any atom is 0.387 e. The number of carbonyl (C=O) groups excluding carboxylic acids is 1. The van der Waals surface area contributed by atoms with Crippen molar-refractivity contribution in [2.24, 2.45) is 5.92 Å². The molecule has 0 aromatic heterocycles. The average molecular weight is 347 g/mol. The standard InChI is InChI=1S/C15H19F2NO6/c1-7(2)11(14(20)21)18-13(19)8-5-9(22-3)12(24-15(16)17)10(6-8)23-4/h5-7,11,15H,1-4H3,(H,18,19)(H,20,21)/t11-/m1/s1. The Hall–Kier alpha value is -2.58. The molecule has 1 amide bonds.